The molecule has 0 unspecified atom stereocenters. The fraction of sp³-hybridized carbons (Fsp3) is 0.0435. The van der Waals surface area contributed by atoms with Gasteiger partial charge in [-0.3, -0.25) is 0 Å². The molecule has 6 nitrogen and oxygen atoms in total. The zero-order chi connectivity index (χ0) is 19.6. The Hall–Kier alpha value is -4.06. The Kier molecular flexibility index (Phi) is 4.22. The number of para-hydroxylation sites is 1. The number of aromatic nitrogens is 3. The van der Waals surface area contributed by atoms with Crippen molar-refractivity contribution in [3.63, 3.8) is 0 Å². The first-order valence-corrected chi connectivity index (χ1v) is 9.24. The molecule has 0 radical (unpaired) electrons. The molecule has 29 heavy (non-hydrogen) atoms. The van der Waals surface area contributed by atoms with Crippen molar-refractivity contribution in [1.82, 2.24) is 15.2 Å². The molecule has 2 aromatic heterocycles. The average Bonchev–Trinajstić information content (AvgIpc) is 3.40. The summed E-state index contributed by atoms with van der Waals surface area (Å²) in [5, 5.41) is 9.29. The molecule has 0 fully saturated rings. The normalized spacial score (nSPS) is 11.0. The van der Waals surface area contributed by atoms with E-state index >= 15 is 0 Å². The lowest BCUT2D eigenvalue weighted by molar-refractivity contribution is 0.264. The number of nitrogens with one attached hydrogen (secondary N) is 1. The molecule has 0 saturated carbocycles. The van der Waals surface area contributed by atoms with Crippen LogP contribution in [0.25, 0.3) is 33.6 Å². The zero-order valence-electron chi connectivity index (χ0n) is 15.5. The van der Waals surface area contributed by atoms with Gasteiger partial charge in [-0.25, -0.2) is 0 Å². The van der Waals surface area contributed by atoms with Gasteiger partial charge in [0.2, 0.25) is 5.89 Å². The van der Waals surface area contributed by atoms with Crippen LogP contribution in [0, 0.1) is 0 Å². The SMILES string of the molecule is Nc1ccc(-c2nnc(COc3ccc(-c4cc5ccccc5[nH]4)cc3)o2)cc1. The topological polar surface area (TPSA) is 90.0 Å². The standard InChI is InChI=1S/C23H18N4O2/c24-18-9-5-16(6-10-18)23-27-26-22(29-23)14-28-19-11-7-15(8-12-19)21-13-17-3-1-2-4-20(17)25-21/h1-13,25H,14,24H2. The fourth-order valence-electron chi connectivity index (χ4n) is 3.16. The highest BCUT2D eigenvalue weighted by atomic mass is 16.5. The predicted octanol–water partition coefficient (Wildman–Crippen LogP) is 5.05. The molecule has 2 heterocycles. The van der Waals surface area contributed by atoms with E-state index in [1.165, 1.54) is 5.39 Å². The Balaban J connectivity index is 1.26. The van der Waals surface area contributed by atoms with E-state index in [0.29, 0.717) is 17.5 Å². The molecule has 0 bridgehead atoms. The van der Waals surface area contributed by atoms with Gasteiger partial charge >= 0.3 is 0 Å². The molecule has 0 saturated heterocycles. The predicted molar refractivity (Wildman–Crippen MR) is 112 cm³/mol. The molecule has 0 aliphatic carbocycles. The molecule has 142 valence electrons. The van der Waals surface area contributed by atoms with E-state index in [2.05, 4.69) is 33.4 Å². The molecule has 0 spiro atoms. The summed E-state index contributed by atoms with van der Waals surface area (Å²) < 4.78 is 11.4. The number of nitrogen functional groups attached to an aromatic ring is 1. The van der Waals surface area contributed by atoms with Crippen LogP contribution in [-0.4, -0.2) is 15.2 Å². The van der Waals surface area contributed by atoms with Gasteiger partial charge < -0.3 is 19.9 Å². The second-order valence-corrected chi connectivity index (χ2v) is 6.71. The van der Waals surface area contributed by atoms with Crippen molar-refractivity contribution >= 4 is 16.6 Å². The quantitative estimate of drug-likeness (QED) is 0.415. The lowest BCUT2D eigenvalue weighted by Crippen LogP contribution is -1.95. The monoisotopic (exact) mass is 382 g/mol. The number of benzene rings is 3. The first-order chi connectivity index (χ1) is 14.2. The van der Waals surface area contributed by atoms with E-state index in [4.69, 9.17) is 14.9 Å². The molecule has 3 aromatic carbocycles. The van der Waals surface area contributed by atoms with E-state index < -0.39 is 0 Å². The molecule has 0 aliphatic rings. The third kappa shape index (κ3) is 3.55. The summed E-state index contributed by atoms with van der Waals surface area (Å²) >= 11 is 0. The summed E-state index contributed by atoms with van der Waals surface area (Å²) in [7, 11) is 0. The van der Waals surface area contributed by atoms with Crippen LogP contribution in [0.4, 0.5) is 5.69 Å². The van der Waals surface area contributed by atoms with Gasteiger partial charge in [0.25, 0.3) is 5.89 Å². The lowest BCUT2D eigenvalue weighted by atomic mass is 10.1. The number of H-pyrrole nitrogens is 1. The van der Waals surface area contributed by atoms with Gasteiger partial charge in [0, 0.05) is 27.8 Å². The van der Waals surface area contributed by atoms with Crippen LogP contribution in [0.2, 0.25) is 0 Å². The second-order valence-electron chi connectivity index (χ2n) is 6.71. The minimum atomic E-state index is 0.202. The number of hydrogen-bond acceptors (Lipinski definition) is 5. The van der Waals surface area contributed by atoms with Crippen molar-refractivity contribution in [2.24, 2.45) is 0 Å². The first-order valence-electron chi connectivity index (χ1n) is 9.24. The van der Waals surface area contributed by atoms with Gasteiger partial charge in [-0.05, 0) is 66.2 Å². The van der Waals surface area contributed by atoms with Crippen LogP contribution in [0.3, 0.4) is 0 Å². The summed E-state index contributed by atoms with van der Waals surface area (Å²) in [6.07, 6.45) is 0. The number of ether oxygens (including phenoxy) is 1. The largest absolute Gasteiger partial charge is 0.484 e. The van der Waals surface area contributed by atoms with Gasteiger partial charge in [0.15, 0.2) is 6.61 Å². The van der Waals surface area contributed by atoms with Crippen molar-refractivity contribution in [3.8, 4) is 28.5 Å². The van der Waals surface area contributed by atoms with E-state index in [-0.39, 0.29) is 6.61 Å². The average molecular weight is 382 g/mol. The highest BCUT2D eigenvalue weighted by Gasteiger charge is 2.09. The molecule has 0 amide bonds. The lowest BCUT2D eigenvalue weighted by Gasteiger charge is -2.04. The van der Waals surface area contributed by atoms with Gasteiger partial charge in [-0.1, -0.05) is 18.2 Å². The molecule has 0 aliphatic heterocycles. The van der Waals surface area contributed by atoms with Crippen LogP contribution in [-0.2, 0) is 6.61 Å². The Labute approximate surface area is 167 Å². The first kappa shape index (κ1) is 17.1. The Morgan fingerprint density at radius 1 is 0.862 bits per heavy atom. The Morgan fingerprint density at radius 3 is 2.41 bits per heavy atom. The van der Waals surface area contributed by atoms with Crippen molar-refractivity contribution in [3.05, 3.63) is 84.8 Å². The summed E-state index contributed by atoms with van der Waals surface area (Å²) in [6.45, 7) is 0.202. The molecular formula is C23H18N4O2. The number of nitrogens with two attached hydrogens (primary N) is 1. The maximum Gasteiger partial charge on any atom is 0.254 e. The zero-order valence-corrected chi connectivity index (χ0v) is 15.5. The maximum atomic E-state index is 5.78. The highest BCUT2D eigenvalue weighted by Crippen LogP contribution is 2.26. The fourth-order valence-corrected chi connectivity index (χ4v) is 3.16. The number of fused-ring (bicyclic) bond motifs is 1. The molecule has 3 N–H and O–H groups in total. The third-order valence-corrected chi connectivity index (χ3v) is 4.68. The smallest absolute Gasteiger partial charge is 0.254 e. The van der Waals surface area contributed by atoms with E-state index in [1.54, 1.807) is 12.1 Å². The van der Waals surface area contributed by atoms with Crippen LogP contribution < -0.4 is 10.5 Å². The van der Waals surface area contributed by atoms with E-state index in [1.807, 2.05) is 48.5 Å². The van der Waals surface area contributed by atoms with Gasteiger partial charge in [-0.15, -0.1) is 10.2 Å². The van der Waals surface area contributed by atoms with E-state index in [0.717, 1.165) is 28.1 Å². The molecule has 6 heteroatoms. The Bertz CT molecular complexity index is 1220. The van der Waals surface area contributed by atoms with Gasteiger partial charge in [0.1, 0.15) is 5.75 Å². The maximum absolute atomic E-state index is 5.78. The third-order valence-electron chi connectivity index (χ3n) is 4.68. The van der Waals surface area contributed by atoms with Gasteiger partial charge in [0.05, 0.1) is 0 Å². The molecule has 5 aromatic rings. The summed E-state index contributed by atoms with van der Waals surface area (Å²) in [5.41, 5.74) is 10.5. The number of aromatic amines is 1. The summed E-state index contributed by atoms with van der Waals surface area (Å²) in [6, 6.07) is 25.5. The second kappa shape index (κ2) is 7.16. The number of rotatable bonds is 5. The van der Waals surface area contributed by atoms with E-state index in [9.17, 15) is 0 Å². The number of anilines is 1. The van der Waals surface area contributed by atoms with Crippen LogP contribution in [0.5, 0.6) is 5.75 Å². The van der Waals surface area contributed by atoms with Crippen LogP contribution in [0.15, 0.2) is 83.3 Å². The summed E-state index contributed by atoms with van der Waals surface area (Å²) in [4.78, 5) is 3.43. The summed E-state index contributed by atoms with van der Waals surface area (Å²) in [5.74, 6) is 1.59. The Morgan fingerprint density at radius 2 is 1.62 bits per heavy atom. The van der Waals surface area contributed by atoms with Crippen LogP contribution in [0.1, 0.15) is 5.89 Å². The van der Waals surface area contributed by atoms with Gasteiger partial charge in [-0.2, -0.15) is 0 Å². The number of hydrogen-bond donors (Lipinski definition) is 2. The number of nitrogens with zero attached hydrogens (tertiary/aromatic N) is 2. The molecule has 0 atom stereocenters. The highest BCUT2D eigenvalue weighted by molar-refractivity contribution is 5.85. The van der Waals surface area contributed by atoms with Crippen molar-refractivity contribution in [2.75, 3.05) is 5.73 Å². The van der Waals surface area contributed by atoms with Crippen molar-refractivity contribution < 1.29 is 9.15 Å². The molecular weight excluding hydrogens is 364 g/mol. The van der Waals surface area contributed by atoms with Crippen molar-refractivity contribution in [1.29, 1.82) is 0 Å². The van der Waals surface area contributed by atoms with Crippen molar-refractivity contribution in [2.45, 2.75) is 6.61 Å². The minimum absolute atomic E-state index is 0.202. The molecule has 5 rings (SSSR count). The van der Waals surface area contributed by atoms with Crippen LogP contribution >= 0.6 is 0 Å². The minimum Gasteiger partial charge on any atom is -0.484 e.